The van der Waals surface area contributed by atoms with Crippen LogP contribution in [0.2, 0.25) is 0 Å². The molecule has 0 amide bonds. The molecule has 31 heavy (non-hydrogen) atoms. The molecule has 2 heterocycles. The Kier molecular flexibility index (Phi) is 6.39. The quantitative estimate of drug-likeness (QED) is 0.562. The summed E-state index contributed by atoms with van der Waals surface area (Å²) in [5.41, 5.74) is 5.89. The van der Waals surface area contributed by atoms with Gasteiger partial charge in [0.25, 0.3) is 5.56 Å². The van der Waals surface area contributed by atoms with Crippen molar-refractivity contribution in [3.8, 4) is 0 Å². The summed E-state index contributed by atoms with van der Waals surface area (Å²) in [6.45, 7) is 8.03. The van der Waals surface area contributed by atoms with Gasteiger partial charge in [-0.2, -0.15) is 0 Å². The number of hydrogen-bond donors (Lipinski definition) is 2. The first-order valence-corrected chi connectivity index (χ1v) is 11.2. The predicted molar refractivity (Wildman–Crippen MR) is 131 cm³/mol. The molecule has 1 fully saturated rings. The number of benzene rings is 2. The van der Waals surface area contributed by atoms with Gasteiger partial charge in [0.1, 0.15) is 0 Å². The van der Waals surface area contributed by atoms with Crippen molar-refractivity contribution in [2.24, 2.45) is 0 Å². The molecule has 5 nitrogen and oxygen atoms in total. The molecule has 1 saturated heterocycles. The lowest BCUT2D eigenvalue weighted by Crippen LogP contribution is -2.40. The number of nitrogens with zero attached hydrogens (tertiary/aromatic N) is 1. The summed E-state index contributed by atoms with van der Waals surface area (Å²) >= 11 is 5.76. The summed E-state index contributed by atoms with van der Waals surface area (Å²) in [6.07, 6.45) is 2.20. The van der Waals surface area contributed by atoms with Gasteiger partial charge in [-0.25, -0.2) is 0 Å². The van der Waals surface area contributed by atoms with Crippen molar-refractivity contribution in [1.82, 2.24) is 9.88 Å². The molecule has 1 unspecified atom stereocenters. The second-order valence-corrected chi connectivity index (χ2v) is 8.87. The monoisotopic (exact) mass is 435 g/mol. The van der Waals surface area contributed by atoms with Crippen LogP contribution in [-0.4, -0.2) is 34.3 Å². The SMILES string of the molecule is Cc1cccc(NC(=S)N(Cc2cc3c(C)cc(C)cc3[nH]c2=O)CC2CCCO2)c1. The van der Waals surface area contributed by atoms with Crippen molar-refractivity contribution in [1.29, 1.82) is 0 Å². The molecule has 6 heteroatoms. The fourth-order valence-electron chi connectivity index (χ4n) is 4.22. The molecule has 2 N–H and O–H groups in total. The van der Waals surface area contributed by atoms with Crippen LogP contribution in [0.3, 0.4) is 0 Å². The van der Waals surface area contributed by atoms with E-state index in [0.29, 0.717) is 23.8 Å². The number of thiocarbonyl (C=S) groups is 1. The molecular weight excluding hydrogens is 406 g/mol. The molecule has 1 aromatic heterocycles. The first kappa shape index (κ1) is 21.5. The molecule has 0 spiro atoms. The van der Waals surface area contributed by atoms with Gasteiger partial charge in [0.2, 0.25) is 0 Å². The molecular formula is C25H29N3O2S. The van der Waals surface area contributed by atoms with E-state index in [0.717, 1.165) is 52.7 Å². The molecule has 0 radical (unpaired) electrons. The maximum absolute atomic E-state index is 12.9. The van der Waals surface area contributed by atoms with Gasteiger partial charge in [0.15, 0.2) is 5.11 Å². The van der Waals surface area contributed by atoms with E-state index in [-0.39, 0.29) is 11.7 Å². The Balaban J connectivity index is 1.63. The highest BCUT2D eigenvalue weighted by Crippen LogP contribution is 2.21. The smallest absolute Gasteiger partial charge is 0.253 e. The van der Waals surface area contributed by atoms with Crippen molar-refractivity contribution >= 4 is 33.9 Å². The normalized spacial score (nSPS) is 15.9. The van der Waals surface area contributed by atoms with Crippen LogP contribution in [0, 0.1) is 20.8 Å². The molecule has 0 saturated carbocycles. The highest BCUT2D eigenvalue weighted by molar-refractivity contribution is 7.80. The number of fused-ring (bicyclic) bond motifs is 1. The van der Waals surface area contributed by atoms with Gasteiger partial charge in [-0.05, 0) is 86.8 Å². The molecule has 0 bridgehead atoms. The second kappa shape index (κ2) is 9.20. The molecule has 3 aromatic rings. The average Bonchev–Trinajstić information content (AvgIpc) is 3.21. The van der Waals surface area contributed by atoms with E-state index >= 15 is 0 Å². The molecule has 1 aliphatic rings. The lowest BCUT2D eigenvalue weighted by Gasteiger charge is -2.28. The average molecular weight is 436 g/mol. The summed E-state index contributed by atoms with van der Waals surface area (Å²) in [4.78, 5) is 18.0. The van der Waals surface area contributed by atoms with Gasteiger partial charge in [-0.1, -0.05) is 18.2 Å². The van der Waals surface area contributed by atoms with E-state index in [4.69, 9.17) is 17.0 Å². The number of H-pyrrole nitrogens is 1. The summed E-state index contributed by atoms with van der Waals surface area (Å²) in [7, 11) is 0. The summed E-state index contributed by atoms with van der Waals surface area (Å²) in [5.74, 6) is 0. The molecule has 4 rings (SSSR count). The number of nitrogens with one attached hydrogen (secondary N) is 2. The molecule has 1 atom stereocenters. The van der Waals surface area contributed by atoms with Crippen LogP contribution in [0.25, 0.3) is 10.9 Å². The number of anilines is 1. The predicted octanol–water partition coefficient (Wildman–Crippen LogP) is 4.83. The van der Waals surface area contributed by atoms with Crippen molar-refractivity contribution in [2.75, 3.05) is 18.5 Å². The number of aromatic nitrogens is 1. The van der Waals surface area contributed by atoms with E-state index in [1.807, 2.05) is 36.1 Å². The van der Waals surface area contributed by atoms with Crippen LogP contribution in [0.5, 0.6) is 0 Å². The van der Waals surface area contributed by atoms with Gasteiger partial charge >= 0.3 is 0 Å². The Labute approximate surface area is 188 Å². The lowest BCUT2D eigenvalue weighted by molar-refractivity contribution is 0.0904. The minimum atomic E-state index is -0.0757. The van der Waals surface area contributed by atoms with Gasteiger partial charge in [0.05, 0.1) is 12.6 Å². The standard InChI is InChI=1S/C25H29N3O2S/c1-16-6-4-7-20(11-16)26-25(31)28(15-21-8-5-9-30-21)14-19-13-22-18(3)10-17(2)12-23(22)27-24(19)29/h4,6-7,10-13,21H,5,8-9,14-15H2,1-3H3,(H,26,31)(H,27,29). The molecule has 1 aliphatic heterocycles. The number of hydrogen-bond acceptors (Lipinski definition) is 3. The van der Waals surface area contributed by atoms with E-state index in [2.05, 4.69) is 42.3 Å². The maximum Gasteiger partial charge on any atom is 0.253 e. The topological polar surface area (TPSA) is 57.4 Å². The summed E-state index contributed by atoms with van der Waals surface area (Å²) in [5, 5.41) is 5.01. The van der Waals surface area contributed by atoms with Crippen LogP contribution in [0.4, 0.5) is 5.69 Å². The largest absolute Gasteiger partial charge is 0.376 e. The lowest BCUT2D eigenvalue weighted by atomic mass is 10.0. The Bertz CT molecular complexity index is 1170. The van der Waals surface area contributed by atoms with E-state index in [1.165, 1.54) is 0 Å². The number of rotatable bonds is 5. The zero-order valence-corrected chi connectivity index (χ0v) is 19.1. The van der Waals surface area contributed by atoms with Crippen molar-refractivity contribution < 1.29 is 4.74 Å². The number of aryl methyl sites for hydroxylation is 3. The van der Waals surface area contributed by atoms with E-state index in [9.17, 15) is 4.79 Å². The van der Waals surface area contributed by atoms with Crippen molar-refractivity contribution in [3.63, 3.8) is 0 Å². The van der Waals surface area contributed by atoms with Crippen LogP contribution in [0.15, 0.2) is 47.3 Å². The van der Waals surface area contributed by atoms with Gasteiger partial charge in [0, 0.05) is 35.3 Å². The first-order chi connectivity index (χ1) is 14.9. The number of ether oxygens (including phenoxy) is 1. The Morgan fingerprint density at radius 1 is 1.19 bits per heavy atom. The zero-order valence-electron chi connectivity index (χ0n) is 18.3. The Morgan fingerprint density at radius 3 is 2.77 bits per heavy atom. The molecule has 2 aromatic carbocycles. The minimum absolute atomic E-state index is 0.0757. The number of aromatic amines is 1. The Hall–Kier alpha value is -2.70. The minimum Gasteiger partial charge on any atom is -0.376 e. The van der Waals surface area contributed by atoms with Crippen LogP contribution >= 0.6 is 12.2 Å². The third-order valence-electron chi connectivity index (χ3n) is 5.76. The summed E-state index contributed by atoms with van der Waals surface area (Å²) < 4.78 is 5.86. The third kappa shape index (κ3) is 5.14. The highest BCUT2D eigenvalue weighted by Gasteiger charge is 2.22. The van der Waals surface area contributed by atoms with Crippen LogP contribution < -0.4 is 10.9 Å². The highest BCUT2D eigenvalue weighted by atomic mass is 32.1. The van der Waals surface area contributed by atoms with Gasteiger partial charge < -0.3 is 19.9 Å². The second-order valence-electron chi connectivity index (χ2n) is 8.48. The fourth-order valence-corrected chi connectivity index (χ4v) is 4.47. The Morgan fingerprint density at radius 2 is 2.03 bits per heavy atom. The summed E-state index contributed by atoms with van der Waals surface area (Å²) in [6, 6.07) is 14.3. The van der Waals surface area contributed by atoms with Crippen molar-refractivity contribution in [2.45, 2.75) is 46.3 Å². The van der Waals surface area contributed by atoms with E-state index < -0.39 is 0 Å². The third-order valence-corrected chi connectivity index (χ3v) is 6.12. The first-order valence-electron chi connectivity index (χ1n) is 10.8. The van der Waals surface area contributed by atoms with Gasteiger partial charge in [-0.3, -0.25) is 4.79 Å². The maximum atomic E-state index is 12.9. The fraction of sp³-hybridized carbons (Fsp3) is 0.360. The molecule has 0 aliphatic carbocycles. The zero-order chi connectivity index (χ0) is 22.0. The van der Waals surface area contributed by atoms with E-state index in [1.54, 1.807) is 0 Å². The van der Waals surface area contributed by atoms with Crippen LogP contribution in [0.1, 0.15) is 35.1 Å². The van der Waals surface area contributed by atoms with Gasteiger partial charge in [-0.15, -0.1) is 0 Å². The number of pyridine rings is 1. The molecule has 162 valence electrons. The van der Waals surface area contributed by atoms with Crippen molar-refractivity contribution in [3.05, 3.63) is 75.1 Å². The van der Waals surface area contributed by atoms with Crippen LogP contribution in [-0.2, 0) is 11.3 Å².